The maximum Gasteiger partial charge on any atom is 0.246 e. The second-order valence-corrected chi connectivity index (χ2v) is 12.4. The summed E-state index contributed by atoms with van der Waals surface area (Å²) in [5, 5.41) is 9.71. The lowest BCUT2D eigenvalue weighted by Gasteiger charge is -2.45. The number of carbonyl (C=O) groups is 1. The Kier molecular flexibility index (Phi) is 13.9. The summed E-state index contributed by atoms with van der Waals surface area (Å²) in [7, 11) is 3.98. The van der Waals surface area contributed by atoms with Gasteiger partial charge in [0, 0.05) is 62.1 Å². The van der Waals surface area contributed by atoms with Crippen molar-refractivity contribution >= 4 is 29.3 Å². The minimum Gasteiger partial charge on any atom is -0.489 e. The van der Waals surface area contributed by atoms with Crippen LogP contribution < -0.4 is 19.7 Å². The highest BCUT2D eigenvalue weighted by Gasteiger charge is 2.35. The maximum absolute atomic E-state index is 12.9. The van der Waals surface area contributed by atoms with E-state index in [0.717, 1.165) is 70.7 Å². The van der Waals surface area contributed by atoms with Crippen LogP contribution in [0, 0.1) is 26.2 Å². The summed E-state index contributed by atoms with van der Waals surface area (Å²) in [5.74, 6) is 5.50. The SMILES string of the molecule is C#CC.C/C=N\N1C=CC(Oc2ccc(NC(=N/C=C/CC)c3cc4c(cc3C)OCC3CN(C(=O)/C=C/CN(C)C)CCN43)cc2C)=CC1. The Labute approximate surface area is 298 Å². The van der Waals surface area contributed by atoms with Crippen LogP contribution in [-0.4, -0.2) is 92.2 Å². The summed E-state index contributed by atoms with van der Waals surface area (Å²) in [4.78, 5) is 24.1. The third-order valence-corrected chi connectivity index (χ3v) is 8.19. The zero-order valence-electron chi connectivity index (χ0n) is 30.5. The fourth-order valence-electron chi connectivity index (χ4n) is 5.72. The molecule has 1 N–H and O–H groups in total. The van der Waals surface area contributed by atoms with Gasteiger partial charge in [-0.15, -0.1) is 12.3 Å². The van der Waals surface area contributed by atoms with E-state index >= 15 is 0 Å². The lowest BCUT2D eigenvalue weighted by atomic mass is 10.0. The molecule has 0 radical (unpaired) electrons. The van der Waals surface area contributed by atoms with Gasteiger partial charge in [-0.1, -0.05) is 19.1 Å². The van der Waals surface area contributed by atoms with Gasteiger partial charge in [-0.05, 0) is 102 Å². The van der Waals surface area contributed by atoms with Crippen molar-refractivity contribution in [1.82, 2.24) is 14.8 Å². The van der Waals surface area contributed by atoms with Gasteiger partial charge in [0.15, 0.2) is 0 Å². The summed E-state index contributed by atoms with van der Waals surface area (Å²) in [5.41, 5.74) is 5.00. The first kappa shape index (κ1) is 37.5. The van der Waals surface area contributed by atoms with Crippen molar-refractivity contribution in [3.05, 3.63) is 95.6 Å². The first-order chi connectivity index (χ1) is 24.2. The van der Waals surface area contributed by atoms with Crippen molar-refractivity contribution in [2.24, 2.45) is 10.1 Å². The predicted octanol–water partition coefficient (Wildman–Crippen LogP) is 6.35. The molecule has 2 aromatic rings. The molecule has 5 rings (SSSR count). The van der Waals surface area contributed by atoms with E-state index in [2.05, 4.69) is 59.7 Å². The molecule has 0 aliphatic carbocycles. The van der Waals surface area contributed by atoms with Crippen LogP contribution >= 0.6 is 0 Å². The van der Waals surface area contributed by atoms with E-state index in [9.17, 15) is 4.79 Å². The van der Waals surface area contributed by atoms with E-state index in [4.69, 9.17) is 14.5 Å². The van der Waals surface area contributed by atoms with Crippen LogP contribution in [0.2, 0.25) is 0 Å². The molecule has 3 heterocycles. The number of hydrogen-bond acceptors (Lipinski definition) is 8. The van der Waals surface area contributed by atoms with Gasteiger partial charge in [-0.25, -0.2) is 4.99 Å². The van der Waals surface area contributed by atoms with Gasteiger partial charge in [-0.3, -0.25) is 9.80 Å². The Morgan fingerprint density at radius 1 is 1.18 bits per heavy atom. The molecule has 0 spiro atoms. The van der Waals surface area contributed by atoms with E-state index in [0.29, 0.717) is 26.2 Å². The number of benzene rings is 2. The number of rotatable bonds is 10. The number of carbonyl (C=O) groups excluding carboxylic acids is 1. The molecule has 0 bridgehead atoms. The molecule has 1 fully saturated rings. The Bertz CT molecular complexity index is 1710. The third kappa shape index (κ3) is 10.1. The first-order valence-electron chi connectivity index (χ1n) is 17.1. The van der Waals surface area contributed by atoms with E-state index in [1.54, 1.807) is 19.2 Å². The fraction of sp³-hybridized carbons (Fsp3) is 0.375. The summed E-state index contributed by atoms with van der Waals surface area (Å²) >= 11 is 0. The molecule has 10 heteroatoms. The number of amidine groups is 1. The average molecular weight is 678 g/mol. The molecule has 0 saturated carbocycles. The van der Waals surface area contributed by atoms with Gasteiger partial charge in [0.2, 0.25) is 5.91 Å². The number of allylic oxidation sites excluding steroid dienone is 2. The third-order valence-electron chi connectivity index (χ3n) is 8.19. The lowest BCUT2D eigenvalue weighted by molar-refractivity contribution is -0.127. The Hall–Kier alpha value is -5.27. The molecule has 3 aliphatic heterocycles. The number of anilines is 2. The second-order valence-electron chi connectivity index (χ2n) is 12.4. The van der Waals surface area contributed by atoms with Gasteiger partial charge >= 0.3 is 0 Å². The minimum absolute atomic E-state index is 0.0511. The standard InChI is InChI=1S/C37H47N7O3.C3H4/c1-7-9-16-38-37(40-29-12-13-34(28(4)22-29)47-31-14-18-43(19-15-31)39-8-2)32-24-33-35(23-27(32)3)46-26-30-25-42(20-21-44(30)33)36(45)11-10-17-41(5)6;1-3-2/h8-16,18,22-24,30H,7,17,19-21,25-26H2,1-6H3,(H,38,40);1H,2H3/b11-10+,16-9+,39-8-;. The van der Waals surface area contributed by atoms with Gasteiger partial charge in [0.1, 0.15) is 29.7 Å². The molecular formula is C40H51N7O3. The van der Waals surface area contributed by atoms with Crippen molar-refractivity contribution in [2.45, 2.75) is 47.1 Å². The number of hydrogen-bond donors (Lipinski definition) is 1. The highest BCUT2D eigenvalue weighted by molar-refractivity contribution is 6.10. The number of likely N-dealkylation sites (N-methyl/N-ethyl adjacent to an activating group) is 1. The number of terminal acetylenes is 1. The van der Waals surface area contributed by atoms with Crippen molar-refractivity contribution in [1.29, 1.82) is 0 Å². The van der Waals surface area contributed by atoms with E-state index in [1.165, 1.54) is 0 Å². The maximum atomic E-state index is 12.9. The Morgan fingerprint density at radius 3 is 2.66 bits per heavy atom. The molecule has 1 atom stereocenters. The monoisotopic (exact) mass is 677 g/mol. The smallest absolute Gasteiger partial charge is 0.246 e. The number of nitrogens with zero attached hydrogens (tertiary/aromatic N) is 6. The number of hydrazone groups is 1. The Morgan fingerprint density at radius 2 is 1.98 bits per heavy atom. The largest absolute Gasteiger partial charge is 0.489 e. The summed E-state index contributed by atoms with van der Waals surface area (Å²) in [6.45, 7) is 13.7. The van der Waals surface area contributed by atoms with Crippen LogP contribution in [0.5, 0.6) is 11.5 Å². The fourth-order valence-corrected chi connectivity index (χ4v) is 5.72. The molecule has 264 valence electrons. The zero-order chi connectivity index (χ0) is 36.0. The second kappa shape index (κ2) is 18.5. The first-order valence-corrected chi connectivity index (χ1v) is 17.1. The number of amides is 1. The molecule has 50 heavy (non-hydrogen) atoms. The number of aryl methyl sites for hydroxylation is 2. The molecule has 10 nitrogen and oxygen atoms in total. The van der Waals surface area contributed by atoms with Crippen molar-refractivity contribution in [3.8, 4) is 23.8 Å². The number of nitrogens with one attached hydrogen (secondary N) is 1. The summed E-state index contributed by atoms with van der Waals surface area (Å²) < 4.78 is 12.5. The zero-order valence-corrected chi connectivity index (χ0v) is 30.5. The van der Waals surface area contributed by atoms with Crippen molar-refractivity contribution in [2.75, 3.05) is 63.6 Å². The number of aliphatic imine (C=N–C) groups is 1. The molecular weight excluding hydrogens is 626 g/mol. The summed E-state index contributed by atoms with van der Waals surface area (Å²) in [6, 6.07) is 10.4. The molecule has 0 aromatic heterocycles. The van der Waals surface area contributed by atoms with Gasteiger partial charge in [-0.2, -0.15) is 5.10 Å². The molecule has 1 unspecified atom stereocenters. The number of ether oxygens (including phenoxy) is 2. The van der Waals surface area contributed by atoms with Gasteiger partial charge in [0.25, 0.3) is 0 Å². The van der Waals surface area contributed by atoms with E-state index in [1.807, 2.05) is 91.6 Å². The van der Waals surface area contributed by atoms with Gasteiger partial charge < -0.3 is 29.5 Å². The lowest BCUT2D eigenvalue weighted by Crippen LogP contribution is -2.58. The molecule has 3 aliphatic rings. The van der Waals surface area contributed by atoms with E-state index in [-0.39, 0.29) is 11.9 Å². The molecule has 2 aromatic carbocycles. The highest BCUT2D eigenvalue weighted by atomic mass is 16.5. The van der Waals surface area contributed by atoms with Crippen molar-refractivity contribution < 1.29 is 14.3 Å². The van der Waals surface area contributed by atoms with Crippen LogP contribution in [0.15, 0.2) is 89.0 Å². The predicted molar refractivity (Wildman–Crippen MR) is 206 cm³/mol. The quantitative estimate of drug-likeness (QED) is 0.136. The van der Waals surface area contributed by atoms with Crippen LogP contribution in [0.3, 0.4) is 0 Å². The highest BCUT2D eigenvalue weighted by Crippen LogP contribution is 2.38. The normalized spacial score (nSPS) is 17.3. The average Bonchev–Trinajstić information content (AvgIpc) is 3.09. The van der Waals surface area contributed by atoms with Crippen LogP contribution in [0.25, 0.3) is 0 Å². The molecule has 1 amide bonds. The summed E-state index contributed by atoms with van der Waals surface area (Å²) in [6.07, 6.45) is 20.6. The number of fused-ring (bicyclic) bond motifs is 3. The molecule has 1 saturated heterocycles. The van der Waals surface area contributed by atoms with Crippen LogP contribution in [0.4, 0.5) is 11.4 Å². The minimum atomic E-state index is 0.0511. The number of piperazine rings is 1. The topological polar surface area (TPSA) is 85.2 Å². The Balaban J connectivity index is 0.00000181. The van der Waals surface area contributed by atoms with Crippen LogP contribution in [-0.2, 0) is 4.79 Å². The van der Waals surface area contributed by atoms with Crippen LogP contribution in [0.1, 0.15) is 43.9 Å². The van der Waals surface area contributed by atoms with Crippen molar-refractivity contribution in [3.63, 3.8) is 0 Å². The van der Waals surface area contributed by atoms with E-state index < -0.39 is 0 Å². The van der Waals surface area contributed by atoms with Gasteiger partial charge in [0.05, 0.1) is 18.3 Å².